The van der Waals surface area contributed by atoms with E-state index in [1.807, 2.05) is 25.1 Å². The number of rotatable bonds is 10. The number of hydrogen-bond acceptors (Lipinski definition) is 4. The van der Waals surface area contributed by atoms with Crippen LogP contribution in [0.4, 0.5) is 5.82 Å². The third-order valence-corrected chi connectivity index (χ3v) is 4.81. The van der Waals surface area contributed by atoms with Crippen LogP contribution in [0.2, 0.25) is 0 Å². The monoisotopic (exact) mass is 511 g/mol. The summed E-state index contributed by atoms with van der Waals surface area (Å²) in [5, 5.41) is 7.90. The molecule has 0 atom stereocenters. The fraction of sp³-hybridized carbons (Fsp3) is 0.545. The van der Waals surface area contributed by atoms with Crippen molar-refractivity contribution in [3.63, 3.8) is 0 Å². The van der Waals surface area contributed by atoms with Gasteiger partial charge in [-0.1, -0.05) is 18.2 Å². The molecule has 0 bridgehead atoms. The Morgan fingerprint density at radius 3 is 2.76 bits per heavy atom. The predicted molar refractivity (Wildman–Crippen MR) is 132 cm³/mol. The maximum absolute atomic E-state index is 5.70. The molecule has 0 spiro atoms. The number of pyridine rings is 1. The number of nitrogens with one attached hydrogen (secondary N) is 2. The first-order chi connectivity index (χ1) is 13.7. The lowest BCUT2D eigenvalue weighted by molar-refractivity contribution is 0.123. The van der Waals surface area contributed by atoms with E-state index in [0.717, 1.165) is 61.3 Å². The Labute approximate surface area is 191 Å². The minimum absolute atomic E-state index is 0. The summed E-state index contributed by atoms with van der Waals surface area (Å²) in [5.74, 6) is 2.63. The second kappa shape index (κ2) is 12.2. The number of benzene rings is 1. The van der Waals surface area contributed by atoms with Gasteiger partial charge in [0.1, 0.15) is 5.82 Å². The van der Waals surface area contributed by atoms with Crippen LogP contribution >= 0.6 is 24.0 Å². The number of hydrogen-bond donors (Lipinski definition) is 2. The molecule has 1 aliphatic carbocycles. The lowest BCUT2D eigenvalue weighted by atomic mass is 10.1. The Morgan fingerprint density at radius 2 is 2.03 bits per heavy atom. The van der Waals surface area contributed by atoms with Gasteiger partial charge in [-0.05, 0) is 49.8 Å². The third-order valence-electron chi connectivity index (χ3n) is 4.81. The van der Waals surface area contributed by atoms with Crippen LogP contribution in [0.1, 0.15) is 31.7 Å². The number of nitrogens with zero attached hydrogens (tertiary/aromatic N) is 3. The van der Waals surface area contributed by atoms with Crippen molar-refractivity contribution >= 4 is 46.7 Å². The lowest BCUT2D eigenvalue weighted by Gasteiger charge is -2.15. The normalized spacial score (nSPS) is 13.8. The average Bonchev–Trinajstić information content (AvgIpc) is 3.52. The average molecular weight is 511 g/mol. The molecule has 0 aliphatic heterocycles. The predicted octanol–water partition coefficient (Wildman–Crippen LogP) is 3.79. The molecule has 2 N–H and O–H groups in total. The quantitative estimate of drug-likeness (QED) is 0.220. The lowest BCUT2D eigenvalue weighted by Crippen LogP contribution is -2.38. The summed E-state index contributed by atoms with van der Waals surface area (Å²) in [6.07, 6.45) is 3.67. The Bertz CT molecular complexity index is 792. The molecular weight excluding hydrogens is 477 g/mol. The molecule has 7 heteroatoms. The summed E-state index contributed by atoms with van der Waals surface area (Å²) in [6, 6.07) is 10.4. The number of para-hydroxylation sites is 1. The van der Waals surface area contributed by atoms with E-state index in [1.54, 1.807) is 0 Å². The first-order valence-electron chi connectivity index (χ1n) is 10.3. The van der Waals surface area contributed by atoms with E-state index >= 15 is 0 Å². The molecule has 29 heavy (non-hydrogen) atoms. The second-order valence-electron chi connectivity index (χ2n) is 7.54. The van der Waals surface area contributed by atoms with Crippen molar-refractivity contribution in [1.29, 1.82) is 0 Å². The molecule has 1 saturated carbocycles. The zero-order chi connectivity index (χ0) is 19.8. The van der Waals surface area contributed by atoms with Gasteiger partial charge in [-0.2, -0.15) is 0 Å². The summed E-state index contributed by atoms with van der Waals surface area (Å²) >= 11 is 0. The number of fused-ring (bicyclic) bond motifs is 1. The Morgan fingerprint density at radius 1 is 1.24 bits per heavy atom. The largest absolute Gasteiger partial charge is 0.381 e. The SMILES string of the molecule is CCNC(=NCc1cc(N(C)C)nc2ccccc12)NCCCOCC1CC1.I. The van der Waals surface area contributed by atoms with Gasteiger partial charge >= 0.3 is 0 Å². The van der Waals surface area contributed by atoms with Crippen molar-refractivity contribution < 1.29 is 4.74 Å². The summed E-state index contributed by atoms with van der Waals surface area (Å²) in [7, 11) is 4.03. The fourth-order valence-corrected chi connectivity index (χ4v) is 3.01. The number of guanidine groups is 1. The van der Waals surface area contributed by atoms with Gasteiger partial charge in [0.05, 0.1) is 12.1 Å². The molecule has 3 rings (SSSR count). The van der Waals surface area contributed by atoms with Crippen LogP contribution in [0.15, 0.2) is 35.3 Å². The van der Waals surface area contributed by atoms with Crippen molar-refractivity contribution in [3.05, 3.63) is 35.9 Å². The molecule has 1 aliphatic rings. The number of aliphatic imine (C=N–C) groups is 1. The van der Waals surface area contributed by atoms with Crippen molar-refractivity contribution in [3.8, 4) is 0 Å². The topological polar surface area (TPSA) is 61.8 Å². The fourth-order valence-electron chi connectivity index (χ4n) is 3.01. The highest BCUT2D eigenvalue weighted by molar-refractivity contribution is 14.0. The molecule has 160 valence electrons. The summed E-state index contributed by atoms with van der Waals surface area (Å²) in [5.41, 5.74) is 2.18. The van der Waals surface area contributed by atoms with Crippen LogP contribution in [-0.4, -0.2) is 51.3 Å². The van der Waals surface area contributed by atoms with Crippen LogP contribution in [-0.2, 0) is 11.3 Å². The van der Waals surface area contributed by atoms with Gasteiger partial charge in [0.2, 0.25) is 0 Å². The molecule has 0 radical (unpaired) electrons. The van der Waals surface area contributed by atoms with Crippen LogP contribution in [0, 0.1) is 5.92 Å². The molecular formula is C22H34IN5O. The van der Waals surface area contributed by atoms with Crippen molar-refractivity contribution in [2.24, 2.45) is 10.9 Å². The van der Waals surface area contributed by atoms with E-state index < -0.39 is 0 Å². The number of anilines is 1. The first kappa shape index (κ1) is 23.7. The van der Waals surface area contributed by atoms with Crippen LogP contribution < -0.4 is 15.5 Å². The van der Waals surface area contributed by atoms with E-state index in [4.69, 9.17) is 14.7 Å². The smallest absolute Gasteiger partial charge is 0.191 e. The third kappa shape index (κ3) is 7.62. The summed E-state index contributed by atoms with van der Waals surface area (Å²) in [4.78, 5) is 11.6. The van der Waals surface area contributed by atoms with Crippen LogP contribution in [0.3, 0.4) is 0 Å². The van der Waals surface area contributed by atoms with E-state index in [0.29, 0.717) is 6.54 Å². The van der Waals surface area contributed by atoms with Crippen molar-refractivity contribution in [2.45, 2.75) is 32.7 Å². The zero-order valence-electron chi connectivity index (χ0n) is 17.8. The zero-order valence-corrected chi connectivity index (χ0v) is 20.1. The van der Waals surface area contributed by atoms with Gasteiger partial charge in [0.15, 0.2) is 5.96 Å². The molecule has 1 fully saturated rings. The standard InChI is InChI=1S/C22H33N5O.HI/c1-4-23-22(24-12-7-13-28-16-17-10-11-17)25-15-18-14-21(27(2)3)26-20-9-6-5-8-19(18)20;/h5-6,8-9,14,17H,4,7,10-13,15-16H2,1-3H3,(H2,23,24,25);1H. The van der Waals surface area contributed by atoms with Gasteiger partial charge in [0, 0.05) is 45.8 Å². The van der Waals surface area contributed by atoms with Crippen molar-refractivity contribution in [2.75, 3.05) is 45.3 Å². The second-order valence-corrected chi connectivity index (χ2v) is 7.54. The van der Waals surface area contributed by atoms with Crippen LogP contribution in [0.5, 0.6) is 0 Å². The molecule has 0 amide bonds. The maximum atomic E-state index is 5.70. The minimum Gasteiger partial charge on any atom is -0.381 e. The molecule has 6 nitrogen and oxygen atoms in total. The molecule has 1 aromatic heterocycles. The number of halogens is 1. The van der Waals surface area contributed by atoms with E-state index in [2.05, 4.69) is 41.8 Å². The molecule has 0 unspecified atom stereocenters. The van der Waals surface area contributed by atoms with Gasteiger partial charge in [-0.3, -0.25) is 0 Å². The molecule has 1 aromatic carbocycles. The molecule has 2 aromatic rings. The highest BCUT2D eigenvalue weighted by atomic mass is 127. The Balaban J connectivity index is 0.00000300. The highest BCUT2D eigenvalue weighted by Crippen LogP contribution is 2.28. The number of aromatic nitrogens is 1. The van der Waals surface area contributed by atoms with E-state index in [9.17, 15) is 0 Å². The Hall–Kier alpha value is -1.61. The van der Waals surface area contributed by atoms with Crippen LogP contribution in [0.25, 0.3) is 10.9 Å². The maximum Gasteiger partial charge on any atom is 0.191 e. The summed E-state index contributed by atoms with van der Waals surface area (Å²) in [6.45, 7) is 6.13. The molecule has 1 heterocycles. The minimum atomic E-state index is 0. The van der Waals surface area contributed by atoms with Gasteiger partial charge in [-0.15, -0.1) is 24.0 Å². The Kier molecular flexibility index (Phi) is 9.93. The van der Waals surface area contributed by atoms with Gasteiger partial charge in [-0.25, -0.2) is 9.98 Å². The van der Waals surface area contributed by atoms with Crippen molar-refractivity contribution in [1.82, 2.24) is 15.6 Å². The van der Waals surface area contributed by atoms with E-state index in [1.165, 1.54) is 18.4 Å². The summed E-state index contributed by atoms with van der Waals surface area (Å²) < 4.78 is 5.70. The molecule has 0 saturated heterocycles. The first-order valence-corrected chi connectivity index (χ1v) is 10.3. The van der Waals surface area contributed by atoms with Gasteiger partial charge < -0.3 is 20.3 Å². The van der Waals surface area contributed by atoms with Gasteiger partial charge in [0.25, 0.3) is 0 Å². The number of ether oxygens (including phenoxy) is 1. The highest BCUT2D eigenvalue weighted by Gasteiger charge is 2.20. The van der Waals surface area contributed by atoms with E-state index in [-0.39, 0.29) is 24.0 Å².